The Balaban J connectivity index is 1.64. The predicted molar refractivity (Wildman–Crippen MR) is 202 cm³/mol. The molecule has 0 saturated carbocycles. The van der Waals surface area contributed by atoms with Gasteiger partial charge >= 0.3 is 298 Å². The fraction of sp³-hybridized carbons (Fsp3) is 0.364. The first-order chi connectivity index (χ1) is 22.5. The Labute approximate surface area is 296 Å². The fourth-order valence-corrected chi connectivity index (χ4v) is 26.1. The SMILES string of the molecule is CC1=C2c3ccccc3[CH]1[Zr]([O]c1ccc(C)cc1C(C)(C)C)([O]c1ccc(C)cc1C(C)(C)C)[CH]1C(C)=C(c3ccccc31)[Si]2(C)C. The summed E-state index contributed by atoms with van der Waals surface area (Å²) in [6, 6.07) is 32.1. The summed E-state index contributed by atoms with van der Waals surface area (Å²) in [6.45, 7) is 28.3. The summed E-state index contributed by atoms with van der Waals surface area (Å²) in [5.41, 5.74) is 13.5. The van der Waals surface area contributed by atoms with Crippen molar-refractivity contribution in [2.24, 2.45) is 0 Å². The van der Waals surface area contributed by atoms with E-state index < -0.39 is 29.2 Å². The maximum atomic E-state index is 8.11. The molecule has 4 aromatic carbocycles. The van der Waals surface area contributed by atoms with Crippen molar-refractivity contribution in [3.63, 3.8) is 0 Å². The molecule has 4 aromatic rings. The van der Waals surface area contributed by atoms with Crippen molar-refractivity contribution in [1.29, 1.82) is 0 Å². The maximum absolute atomic E-state index is 8.11. The molecule has 0 N–H and O–H groups in total. The van der Waals surface area contributed by atoms with Gasteiger partial charge in [0.05, 0.1) is 0 Å². The van der Waals surface area contributed by atoms with Crippen molar-refractivity contribution >= 4 is 18.5 Å². The Morgan fingerprint density at radius 2 is 0.917 bits per heavy atom. The molecule has 7 rings (SSSR count). The Hall–Kier alpha value is -2.94. The molecular formula is C44H52O2SiZr. The van der Waals surface area contributed by atoms with E-state index in [1.165, 1.54) is 55.7 Å². The van der Waals surface area contributed by atoms with Crippen LogP contribution in [0, 0.1) is 13.8 Å². The molecule has 0 spiro atoms. The van der Waals surface area contributed by atoms with E-state index in [9.17, 15) is 0 Å². The first-order valence-electron chi connectivity index (χ1n) is 17.7. The Bertz CT molecular complexity index is 1890. The summed E-state index contributed by atoms with van der Waals surface area (Å²) in [7, 11) is -2.14. The summed E-state index contributed by atoms with van der Waals surface area (Å²) >= 11 is -4.67. The minimum atomic E-state index is -4.67. The second-order valence-electron chi connectivity index (χ2n) is 17.2. The fourth-order valence-electron chi connectivity index (χ4n) is 9.36. The van der Waals surface area contributed by atoms with Crippen molar-refractivity contribution in [2.75, 3.05) is 0 Å². The van der Waals surface area contributed by atoms with Crippen molar-refractivity contribution in [2.45, 2.75) is 100 Å². The number of benzene rings is 4. The number of allylic oxidation sites excluding steroid dienone is 2. The molecule has 0 fully saturated rings. The Morgan fingerprint density at radius 3 is 1.29 bits per heavy atom. The molecule has 2 aliphatic carbocycles. The number of hydrogen-bond acceptors (Lipinski definition) is 2. The van der Waals surface area contributed by atoms with Gasteiger partial charge in [-0.3, -0.25) is 0 Å². The molecule has 0 radical (unpaired) electrons. The van der Waals surface area contributed by atoms with E-state index >= 15 is 0 Å². The zero-order valence-electron chi connectivity index (χ0n) is 31.1. The van der Waals surface area contributed by atoms with E-state index in [1.54, 1.807) is 10.4 Å². The van der Waals surface area contributed by atoms with Gasteiger partial charge in [-0.2, -0.15) is 0 Å². The van der Waals surface area contributed by atoms with Crippen LogP contribution in [-0.4, -0.2) is 8.07 Å². The van der Waals surface area contributed by atoms with Crippen LogP contribution in [0.1, 0.15) is 107 Å². The molecule has 48 heavy (non-hydrogen) atoms. The zero-order chi connectivity index (χ0) is 34.6. The first kappa shape index (κ1) is 33.6. The molecule has 0 aromatic heterocycles. The molecular weight excluding hydrogens is 680 g/mol. The van der Waals surface area contributed by atoms with Gasteiger partial charge in [0.2, 0.25) is 0 Å². The molecule has 2 atom stereocenters. The Morgan fingerprint density at radius 1 is 0.542 bits per heavy atom. The molecule has 2 unspecified atom stereocenters. The van der Waals surface area contributed by atoms with Crippen molar-refractivity contribution in [1.82, 2.24) is 0 Å². The average molecular weight is 732 g/mol. The van der Waals surface area contributed by atoms with Gasteiger partial charge in [0.25, 0.3) is 0 Å². The quantitative estimate of drug-likeness (QED) is 0.195. The van der Waals surface area contributed by atoms with Crippen molar-refractivity contribution in [3.05, 3.63) is 141 Å². The van der Waals surface area contributed by atoms with Crippen LogP contribution in [0.25, 0.3) is 10.4 Å². The van der Waals surface area contributed by atoms with Gasteiger partial charge < -0.3 is 0 Å². The van der Waals surface area contributed by atoms with E-state index in [0.717, 1.165) is 11.5 Å². The Kier molecular flexibility index (Phi) is 7.89. The van der Waals surface area contributed by atoms with E-state index in [-0.39, 0.29) is 18.1 Å². The number of fused-ring (bicyclic) bond motifs is 8. The summed E-state index contributed by atoms with van der Waals surface area (Å²) in [5, 5.41) is 3.17. The third-order valence-electron chi connectivity index (χ3n) is 11.2. The van der Waals surface area contributed by atoms with Crippen LogP contribution in [0.2, 0.25) is 13.1 Å². The second kappa shape index (κ2) is 11.3. The predicted octanol–water partition coefficient (Wildman–Crippen LogP) is 12.2. The first-order valence-corrected chi connectivity index (χ1v) is 25.5. The van der Waals surface area contributed by atoms with Gasteiger partial charge in [-0.1, -0.05) is 0 Å². The van der Waals surface area contributed by atoms with Gasteiger partial charge in [-0.25, -0.2) is 0 Å². The summed E-state index contributed by atoms with van der Waals surface area (Å²) in [6.07, 6.45) is 0. The molecule has 1 aliphatic heterocycles. The molecule has 0 saturated heterocycles. The van der Waals surface area contributed by atoms with Crippen LogP contribution >= 0.6 is 0 Å². The van der Waals surface area contributed by atoms with Crippen LogP contribution in [-0.2, 0) is 32.0 Å². The molecule has 248 valence electrons. The molecule has 4 bridgehead atoms. The standard InChI is InChI=1S/C22H22Si.2C11H16O.Zr/c1-15-13-17-9-5-7-11-19(17)21(15)23(3,4)22-16(2)14-18-10-6-8-12-20(18)22;2*1-8-5-6-10(12)9(7-8)11(2,3)4;/h5-14H,1-4H3;2*5-7,12H,1-4H3;/q;;;+2/p-2. The van der Waals surface area contributed by atoms with Crippen LogP contribution in [0.15, 0.2) is 96.1 Å². The minimum absolute atomic E-state index is 0.0909. The zero-order valence-corrected chi connectivity index (χ0v) is 34.5. The van der Waals surface area contributed by atoms with E-state index in [4.69, 9.17) is 5.63 Å². The third kappa shape index (κ3) is 5.03. The molecule has 1 heterocycles. The van der Waals surface area contributed by atoms with Crippen molar-refractivity contribution < 1.29 is 26.8 Å². The third-order valence-corrected chi connectivity index (χ3v) is 25.3. The van der Waals surface area contributed by atoms with E-state index in [0.29, 0.717) is 0 Å². The summed E-state index contributed by atoms with van der Waals surface area (Å²) in [4.78, 5) is 0. The van der Waals surface area contributed by atoms with Gasteiger partial charge in [-0.15, -0.1) is 0 Å². The van der Waals surface area contributed by atoms with E-state index in [2.05, 4.69) is 167 Å². The molecule has 3 aliphatic rings. The normalized spacial score (nSPS) is 20.7. The number of aryl methyl sites for hydroxylation is 2. The second-order valence-corrected chi connectivity index (χ2v) is 28.8. The van der Waals surface area contributed by atoms with Crippen LogP contribution in [0.4, 0.5) is 0 Å². The summed E-state index contributed by atoms with van der Waals surface area (Å²) in [5.74, 6) is 1.98. The number of rotatable bonds is 4. The van der Waals surface area contributed by atoms with Crippen molar-refractivity contribution in [3.8, 4) is 11.5 Å². The van der Waals surface area contributed by atoms with Gasteiger partial charge in [-0.05, 0) is 0 Å². The topological polar surface area (TPSA) is 18.5 Å². The molecule has 0 amide bonds. The average Bonchev–Trinajstić information content (AvgIpc) is 3.49. The van der Waals surface area contributed by atoms with Gasteiger partial charge in [0.15, 0.2) is 0 Å². The van der Waals surface area contributed by atoms with Crippen LogP contribution < -0.4 is 5.63 Å². The molecule has 4 heteroatoms. The monoisotopic (exact) mass is 730 g/mol. The molecule has 2 nitrogen and oxygen atoms in total. The van der Waals surface area contributed by atoms with Crippen LogP contribution in [0.5, 0.6) is 11.5 Å². The van der Waals surface area contributed by atoms with E-state index in [1.807, 2.05) is 0 Å². The number of hydrogen-bond donors (Lipinski definition) is 0. The van der Waals surface area contributed by atoms with Gasteiger partial charge in [0, 0.05) is 0 Å². The van der Waals surface area contributed by atoms with Gasteiger partial charge in [0.1, 0.15) is 0 Å². The van der Waals surface area contributed by atoms with Crippen LogP contribution in [0.3, 0.4) is 0 Å². The summed E-state index contributed by atoms with van der Waals surface area (Å²) < 4.78 is 16.4.